The molecule has 1 amide bonds. The fourth-order valence-electron chi connectivity index (χ4n) is 2.79. The van der Waals surface area contributed by atoms with Gasteiger partial charge in [0, 0.05) is 6.04 Å². The van der Waals surface area contributed by atoms with Gasteiger partial charge in [0.25, 0.3) is 0 Å². The van der Waals surface area contributed by atoms with Crippen molar-refractivity contribution >= 4 is 12.1 Å². The van der Waals surface area contributed by atoms with Gasteiger partial charge in [-0.1, -0.05) is 30.3 Å². The van der Waals surface area contributed by atoms with Crippen LogP contribution in [0.4, 0.5) is 4.79 Å². The van der Waals surface area contributed by atoms with Gasteiger partial charge in [-0.2, -0.15) is 0 Å². The van der Waals surface area contributed by atoms with Crippen molar-refractivity contribution in [3.63, 3.8) is 0 Å². The second kappa shape index (κ2) is 8.18. The summed E-state index contributed by atoms with van der Waals surface area (Å²) in [6, 6.07) is 9.64. The summed E-state index contributed by atoms with van der Waals surface area (Å²) in [4.78, 5) is 23.9. The summed E-state index contributed by atoms with van der Waals surface area (Å²) < 4.78 is 10.7. The highest BCUT2D eigenvalue weighted by atomic mass is 16.6. The Balaban J connectivity index is 1.69. The molecule has 0 unspecified atom stereocenters. The van der Waals surface area contributed by atoms with Crippen LogP contribution in [0.5, 0.6) is 0 Å². The molecular weight excluding hydrogens is 306 g/mol. The second-order valence-electron chi connectivity index (χ2n) is 7.29. The second-order valence-corrected chi connectivity index (χ2v) is 7.29. The van der Waals surface area contributed by atoms with Crippen LogP contribution in [-0.4, -0.2) is 23.7 Å². The van der Waals surface area contributed by atoms with Crippen LogP contribution in [0.25, 0.3) is 0 Å². The third kappa shape index (κ3) is 6.22. The summed E-state index contributed by atoms with van der Waals surface area (Å²) >= 11 is 0. The number of nitrogens with one attached hydrogen (secondary N) is 1. The number of benzene rings is 1. The molecule has 0 aromatic heterocycles. The summed E-state index contributed by atoms with van der Waals surface area (Å²) in [6.07, 6.45) is 2.60. The molecule has 1 N–H and O–H groups in total. The SMILES string of the molecule is CC(C)(C)OC(=O)[C@H]1CC[C@@H](NC(=O)OCc2ccccc2)CC1. The Kier molecular flexibility index (Phi) is 6.23. The summed E-state index contributed by atoms with van der Waals surface area (Å²) in [5.74, 6) is -0.199. The Bertz CT molecular complexity index is 542. The smallest absolute Gasteiger partial charge is 0.407 e. The molecule has 0 spiro atoms. The van der Waals surface area contributed by atoms with Crippen molar-refractivity contribution in [2.24, 2.45) is 5.92 Å². The van der Waals surface area contributed by atoms with Crippen LogP contribution < -0.4 is 5.32 Å². The first-order chi connectivity index (χ1) is 11.3. The van der Waals surface area contributed by atoms with Gasteiger partial charge in [0.15, 0.2) is 0 Å². The molecule has 0 heterocycles. The first-order valence-corrected chi connectivity index (χ1v) is 8.53. The van der Waals surface area contributed by atoms with E-state index in [4.69, 9.17) is 9.47 Å². The molecule has 1 fully saturated rings. The maximum atomic E-state index is 12.1. The topological polar surface area (TPSA) is 64.6 Å². The average molecular weight is 333 g/mol. The minimum Gasteiger partial charge on any atom is -0.460 e. The Morgan fingerprint density at radius 3 is 2.29 bits per heavy atom. The van der Waals surface area contributed by atoms with Crippen LogP contribution in [-0.2, 0) is 20.9 Å². The normalized spacial score (nSPS) is 21.0. The van der Waals surface area contributed by atoms with E-state index in [0.717, 1.165) is 31.2 Å². The zero-order valence-electron chi connectivity index (χ0n) is 14.7. The molecule has 1 aromatic carbocycles. The van der Waals surface area contributed by atoms with E-state index >= 15 is 0 Å². The number of rotatable bonds is 4. The van der Waals surface area contributed by atoms with Crippen LogP contribution in [0.1, 0.15) is 52.0 Å². The summed E-state index contributed by atoms with van der Waals surface area (Å²) in [5, 5.41) is 2.88. The lowest BCUT2D eigenvalue weighted by molar-refractivity contribution is -0.161. The number of alkyl carbamates (subject to hydrolysis) is 1. The largest absolute Gasteiger partial charge is 0.460 e. The highest BCUT2D eigenvalue weighted by Crippen LogP contribution is 2.27. The van der Waals surface area contributed by atoms with Gasteiger partial charge in [0.05, 0.1) is 5.92 Å². The summed E-state index contributed by atoms with van der Waals surface area (Å²) in [7, 11) is 0. The number of ether oxygens (including phenoxy) is 2. The third-order valence-corrected chi connectivity index (χ3v) is 4.00. The molecule has 0 aliphatic heterocycles. The zero-order valence-corrected chi connectivity index (χ0v) is 14.7. The van der Waals surface area contributed by atoms with Crippen molar-refractivity contribution in [1.82, 2.24) is 5.32 Å². The number of amides is 1. The monoisotopic (exact) mass is 333 g/mol. The van der Waals surface area contributed by atoms with E-state index in [0.29, 0.717) is 0 Å². The molecule has 5 nitrogen and oxygen atoms in total. The van der Waals surface area contributed by atoms with Crippen LogP contribution in [0.3, 0.4) is 0 Å². The van der Waals surface area contributed by atoms with Crippen LogP contribution in [0, 0.1) is 5.92 Å². The maximum absolute atomic E-state index is 12.1. The summed E-state index contributed by atoms with van der Waals surface area (Å²) in [5.41, 5.74) is 0.509. The van der Waals surface area contributed by atoms with Gasteiger partial charge in [-0.05, 0) is 52.0 Å². The van der Waals surface area contributed by atoms with Gasteiger partial charge >= 0.3 is 12.1 Å². The van der Waals surface area contributed by atoms with Gasteiger partial charge in [-0.25, -0.2) is 4.79 Å². The van der Waals surface area contributed by atoms with Crippen molar-refractivity contribution in [2.75, 3.05) is 0 Å². The lowest BCUT2D eigenvalue weighted by Crippen LogP contribution is -2.40. The molecule has 24 heavy (non-hydrogen) atoms. The van der Waals surface area contributed by atoms with Crippen LogP contribution >= 0.6 is 0 Å². The summed E-state index contributed by atoms with van der Waals surface area (Å²) in [6.45, 7) is 5.89. The van der Waals surface area contributed by atoms with E-state index in [-0.39, 0.29) is 24.5 Å². The predicted octanol–water partition coefficient (Wildman–Crippen LogP) is 3.81. The number of carbonyl (C=O) groups is 2. The van der Waals surface area contributed by atoms with Crippen molar-refractivity contribution in [2.45, 2.75) is 64.7 Å². The van der Waals surface area contributed by atoms with E-state index in [1.807, 2.05) is 51.1 Å². The Morgan fingerprint density at radius 2 is 1.71 bits per heavy atom. The van der Waals surface area contributed by atoms with E-state index in [2.05, 4.69) is 5.32 Å². The van der Waals surface area contributed by atoms with E-state index in [9.17, 15) is 9.59 Å². The van der Waals surface area contributed by atoms with E-state index in [1.165, 1.54) is 0 Å². The molecule has 5 heteroatoms. The Hall–Kier alpha value is -2.04. The molecular formula is C19H27NO4. The van der Waals surface area contributed by atoms with Crippen molar-refractivity contribution in [3.05, 3.63) is 35.9 Å². The minimum absolute atomic E-state index is 0.0620. The third-order valence-electron chi connectivity index (χ3n) is 4.00. The maximum Gasteiger partial charge on any atom is 0.407 e. The standard InChI is InChI=1S/C19H27NO4/c1-19(2,3)24-17(21)15-9-11-16(12-10-15)20-18(22)23-13-14-7-5-4-6-8-14/h4-8,15-16H,9-13H2,1-3H3,(H,20,22)/t15-,16+. The number of hydrogen-bond acceptors (Lipinski definition) is 4. The number of esters is 1. The highest BCUT2D eigenvalue weighted by Gasteiger charge is 2.30. The molecule has 0 radical (unpaired) electrons. The zero-order chi connectivity index (χ0) is 17.6. The van der Waals surface area contributed by atoms with Crippen molar-refractivity contribution in [3.8, 4) is 0 Å². The van der Waals surface area contributed by atoms with Crippen LogP contribution in [0.2, 0.25) is 0 Å². The molecule has 1 aliphatic carbocycles. The minimum atomic E-state index is -0.451. The fourth-order valence-corrected chi connectivity index (χ4v) is 2.79. The molecule has 0 atom stereocenters. The number of hydrogen-bond donors (Lipinski definition) is 1. The van der Waals surface area contributed by atoms with Crippen LogP contribution in [0.15, 0.2) is 30.3 Å². The highest BCUT2D eigenvalue weighted by molar-refractivity contribution is 5.73. The molecule has 0 saturated heterocycles. The Morgan fingerprint density at radius 1 is 1.08 bits per heavy atom. The molecule has 1 saturated carbocycles. The molecule has 0 bridgehead atoms. The molecule has 2 rings (SSSR count). The van der Waals surface area contributed by atoms with Crippen molar-refractivity contribution in [1.29, 1.82) is 0 Å². The molecule has 132 valence electrons. The van der Waals surface area contributed by atoms with Gasteiger partial charge in [0.2, 0.25) is 0 Å². The van der Waals surface area contributed by atoms with E-state index < -0.39 is 11.7 Å². The molecule has 1 aromatic rings. The lowest BCUT2D eigenvalue weighted by atomic mass is 9.86. The van der Waals surface area contributed by atoms with Gasteiger partial charge in [-0.15, -0.1) is 0 Å². The first-order valence-electron chi connectivity index (χ1n) is 8.53. The fraction of sp³-hybridized carbons (Fsp3) is 0.579. The predicted molar refractivity (Wildman–Crippen MR) is 91.4 cm³/mol. The quantitative estimate of drug-likeness (QED) is 0.851. The average Bonchev–Trinajstić information content (AvgIpc) is 2.53. The van der Waals surface area contributed by atoms with E-state index in [1.54, 1.807) is 0 Å². The van der Waals surface area contributed by atoms with Gasteiger partial charge < -0.3 is 14.8 Å². The van der Waals surface area contributed by atoms with Gasteiger partial charge in [0.1, 0.15) is 12.2 Å². The molecule has 1 aliphatic rings. The lowest BCUT2D eigenvalue weighted by Gasteiger charge is -2.30. The van der Waals surface area contributed by atoms with Crippen molar-refractivity contribution < 1.29 is 19.1 Å². The Labute approximate surface area is 143 Å². The first kappa shape index (κ1) is 18.3. The number of carbonyl (C=O) groups excluding carboxylic acids is 2. The van der Waals surface area contributed by atoms with Gasteiger partial charge in [-0.3, -0.25) is 4.79 Å².